The van der Waals surface area contributed by atoms with Gasteiger partial charge >= 0.3 is 0 Å². The van der Waals surface area contributed by atoms with Crippen LogP contribution < -0.4 is 0 Å². The Morgan fingerprint density at radius 2 is 1.67 bits per heavy atom. The molecule has 0 fully saturated rings. The summed E-state index contributed by atoms with van der Waals surface area (Å²) in [5, 5.41) is 0. The molecule has 0 N–H and O–H groups in total. The molecule has 0 saturated carbocycles. The van der Waals surface area contributed by atoms with Crippen LogP contribution in [0.15, 0.2) is 28.7 Å². The second-order valence-corrected chi connectivity index (χ2v) is 3.11. The largest absolute Gasteiger partial charge is 0.273 e. The summed E-state index contributed by atoms with van der Waals surface area (Å²) in [4.78, 5) is 0. The monoisotopic (exact) mass is 238 g/mol. The lowest BCUT2D eigenvalue weighted by atomic mass is 10.1. The van der Waals surface area contributed by atoms with Crippen LogP contribution in [-0.4, -0.2) is 6.43 Å². The average Bonchev–Trinajstić information content (AvgIpc) is 2.04. The molecule has 0 heterocycles. The number of hydrogen-bond acceptors (Lipinski definition) is 0. The fourth-order valence-electron chi connectivity index (χ4n) is 0.834. The molecule has 4 heteroatoms. The van der Waals surface area contributed by atoms with Gasteiger partial charge in [0.15, 0.2) is 6.17 Å². The normalized spacial score (nSPS) is 13.4. The molecule has 1 atom stereocenters. The van der Waals surface area contributed by atoms with Crippen LogP contribution >= 0.6 is 15.9 Å². The van der Waals surface area contributed by atoms with Gasteiger partial charge in [-0.3, -0.25) is 0 Å². The van der Waals surface area contributed by atoms with Crippen LogP contribution in [0.5, 0.6) is 0 Å². The first-order valence-corrected chi connectivity index (χ1v) is 4.09. The van der Waals surface area contributed by atoms with Crippen molar-refractivity contribution in [1.82, 2.24) is 0 Å². The minimum Gasteiger partial charge on any atom is -0.236 e. The van der Waals surface area contributed by atoms with E-state index in [-0.39, 0.29) is 5.56 Å². The summed E-state index contributed by atoms with van der Waals surface area (Å²) >= 11 is 2.99. The van der Waals surface area contributed by atoms with E-state index in [9.17, 15) is 13.2 Å². The molecule has 0 radical (unpaired) electrons. The Labute approximate surface area is 76.5 Å². The summed E-state index contributed by atoms with van der Waals surface area (Å²) in [5.74, 6) is 0. The van der Waals surface area contributed by atoms with E-state index in [4.69, 9.17) is 0 Å². The van der Waals surface area contributed by atoms with Gasteiger partial charge in [-0.1, -0.05) is 34.1 Å². The van der Waals surface area contributed by atoms with E-state index in [1.807, 2.05) is 0 Å². The number of benzene rings is 1. The first kappa shape index (κ1) is 9.58. The molecule has 1 unspecified atom stereocenters. The Morgan fingerprint density at radius 1 is 1.08 bits per heavy atom. The predicted molar refractivity (Wildman–Crippen MR) is 44.0 cm³/mol. The van der Waals surface area contributed by atoms with E-state index in [1.54, 1.807) is 6.07 Å². The van der Waals surface area contributed by atoms with Crippen LogP contribution in [0, 0.1) is 0 Å². The highest BCUT2D eigenvalue weighted by molar-refractivity contribution is 9.10. The summed E-state index contributed by atoms with van der Waals surface area (Å²) in [6.07, 6.45) is -5.18. The molecule has 66 valence electrons. The number of hydrogen-bond donors (Lipinski definition) is 0. The van der Waals surface area contributed by atoms with Crippen molar-refractivity contribution in [3.63, 3.8) is 0 Å². The minimum atomic E-state index is -2.97. The van der Waals surface area contributed by atoms with Crippen molar-refractivity contribution in [3.05, 3.63) is 34.3 Å². The molecule has 1 aromatic carbocycles. The Hall–Kier alpha value is -0.510. The first-order chi connectivity index (χ1) is 5.63. The summed E-state index contributed by atoms with van der Waals surface area (Å²) in [5.41, 5.74) is -0.00694. The average molecular weight is 239 g/mol. The minimum absolute atomic E-state index is 0.00694. The summed E-state index contributed by atoms with van der Waals surface area (Å²) in [7, 11) is 0. The van der Waals surface area contributed by atoms with Crippen LogP contribution in [0.25, 0.3) is 0 Å². The molecule has 0 aliphatic heterocycles. The number of halogens is 4. The molecule has 0 amide bonds. The van der Waals surface area contributed by atoms with Gasteiger partial charge in [0.2, 0.25) is 0 Å². The fraction of sp³-hybridized carbons (Fsp3) is 0.250. The lowest BCUT2D eigenvalue weighted by molar-refractivity contribution is 0.0492. The zero-order chi connectivity index (χ0) is 9.14. The molecule has 1 aromatic rings. The van der Waals surface area contributed by atoms with Crippen LogP contribution in [0.1, 0.15) is 11.7 Å². The molecular formula is C8H6BrF3. The van der Waals surface area contributed by atoms with Gasteiger partial charge in [-0.25, -0.2) is 13.2 Å². The van der Waals surface area contributed by atoms with Gasteiger partial charge in [0, 0.05) is 10.0 Å². The van der Waals surface area contributed by atoms with Crippen molar-refractivity contribution in [2.24, 2.45) is 0 Å². The molecule has 1 rings (SSSR count). The van der Waals surface area contributed by atoms with E-state index in [0.717, 1.165) is 0 Å². The van der Waals surface area contributed by atoms with Crippen LogP contribution in [-0.2, 0) is 0 Å². The predicted octanol–water partition coefficient (Wildman–Crippen LogP) is 3.72. The molecule has 0 bridgehead atoms. The van der Waals surface area contributed by atoms with Crippen LogP contribution in [0.3, 0.4) is 0 Å². The third-order valence-corrected chi connectivity index (χ3v) is 2.15. The SMILES string of the molecule is FC(F)C(F)c1ccccc1Br. The third-order valence-electron chi connectivity index (χ3n) is 1.42. The molecule has 12 heavy (non-hydrogen) atoms. The second kappa shape index (κ2) is 3.94. The molecule has 0 nitrogen and oxygen atoms in total. The van der Waals surface area contributed by atoms with Gasteiger partial charge in [-0.2, -0.15) is 0 Å². The van der Waals surface area contributed by atoms with Gasteiger partial charge < -0.3 is 0 Å². The van der Waals surface area contributed by atoms with Gasteiger partial charge in [0.25, 0.3) is 6.43 Å². The molecule has 0 aromatic heterocycles. The zero-order valence-electron chi connectivity index (χ0n) is 5.98. The molecule has 0 aliphatic rings. The molecule has 0 saturated heterocycles. The number of alkyl halides is 3. The maximum atomic E-state index is 12.7. The summed E-state index contributed by atoms with van der Waals surface area (Å²) in [6, 6.07) is 6.03. The van der Waals surface area contributed by atoms with Crippen molar-refractivity contribution >= 4 is 15.9 Å². The third kappa shape index (κ3) is 2.00. The summed E-state index contributed by atoms with van der Waals surface area (Å²) < 4.78 is 36.9. The van der Waals surface area contributed by atoms with E-state index < -0.39 is 12.6 Å². The summed E-state index contributed by atoms with van der Waals surface area (Å²) in [6.45, 7) is 0. The van der Waals surface area contributed by atoms with Crippen LogP contribution in [0.2, 0.25) is 0 Å². The fourth-order valence-corrected chi connectivity index (χ4v) is 1.34. The van der Waals surface area contributed by atoms with E-state index in [2.05, 4.69) is 15.9 Å². The van der Waals surface area contributed by atoms with Crippen molar-refractivity contribution in [2.45, 2.75) is 12.6 Å². The van der Waals surface area contributed by atoms with E-state index >= 15 is 0 Å². The maximum absolute atomic E-state index is 12.7. The van der Waals surface area contributed by atoms with E-state index in [0.29, 0.717) is 4.47 Å². The lowest BCUT2D eigenvalue weighted by Crippen LogP contribution is -2.03. The Kier molecular flexibility index (Phi) is 3.14. The highest BCUT2D eigenvalue weighted by atomic mass is 79.9. The smallest absolute Gasteiger partial charge is 0.236 e. The van der Waals surface area contributed by atoms with Gasteiger partial charge in [-0.15, -0.1) is 0 Å². The van der Waals surface area contributed by atoms with Gasteiger partial charge in [0.05, 0.1) is 0 Å². The van der Waals surface area contributed by atoms with Crippen molar-refractivity contribution in [2.75, 3.05) is 0 Å². The van der Waals surface area contributed by atoms with E-state index in [1.165, 1.54) is 18.2 Å². The van der Waals surface area contributed by atoms with Crippen molar-refractivity contribution in [1.29, 1.82) is 0 Å². The number of rotatable bonds is 2. The standard InChI is InChI=1S/C8H6BrF3/c9-6-4-2-1-3-5(6)7(10)8(11)12/h1-4,7-8H. The Bertz CT molecular complexity index is 262. The molecule has 0 spiro atoms. The zero-order valence-corrected chi connectivity index (χ0v) is 7.56. The van der Waals surface area contributed by atoms with Crippen LogP contribution in [0.4, 0.5) is 13.2 Å². The maximum Gasteiger partial charge on any atom is 0.273 e. The first-order valence-electron chi connectivity index (χ1n) is 3.29. The quantitative estimate of drug-likeness (QED) is 0.737. The topological polar surface area (TPSA) is 0 Å². The molecular weight excluding hydrogens is 233 g/mol. The molecule has 0 aliphatic carbocycles. The lowest BCUT2D eigenvalue weighted by Gasteiger charge is -2.08. The van der Waals surface area contributed by atoms with Crippen molar-refractivity contribution < 1.29 is 13.2 Å². The highest BCUT2D eigenvalue weighted by Crippen LogP contribution is 2.30. The Morgan fingerprint density at radius 3 is 2.17 bits per heavy atom. The second-order valence-electron chi connectivity index (χ2n) is 2.26. The Balaban J connectivity index is 2.94. The van der Waals surface area contributed by atoms with Gasteiger partial charge in [0.1, 0.15) is 0 Å². The highest BCUT2D eigenvalue weighted by Gasteiger charge is 2.22. The van der Waals surface area contributed by atoms with Gasteiger partial charge in [-0.05, 0) is 6.07 Å². The van der Waals surface area contributed by atoms with Crippen molar-refractivity contribution in [3.8, 4) is 0 Å².